The van der Waals surface area contributed by atoms with Crippen LogP contribution in [-0.2, 0) is 9.59 Å². The van der Waals surface area contributed by atoms with Crippen LogP contribution >= 0.6 is 0 Å². The van der Waals surface area contributed by atoms with Crippen molar-refractivity contribution in [2.24, 2.45) is 5.73 Å². The van der Waals surface area contributed by atoms with Crippen LogP contribution in [0.1, 0.15) is 12.8 Å². The zero-order valence-electron chi connectivity index (χ0n) is 5.44. The summed E-state index contributed by atoms with van der Waals surface area (Å²) in [7, 11) is 0. The molecule has 0 saturated carbocycles. The van der Waals surface area contributed by atoms with Gasteiger partial charge in [-0.25, -0.2) is 0 Å². The minimum absolute atomic E-state index is 0.862. The smallest absolute Gasteiger partial charge is 0.363 e. The quantitative estimate of drug-likeness (QED) is 0.621. The molecule has 0 bridgehead atoms. The summed E-state index contributed by atoms with van der Waals surface area (Å²) < 4.78 is 34.1. The molecule has 64 valence electrons. The standard InChI is InChI=1S/C5H6F3NO2/c6-5(7,8)2-1-3(10)4(9)11/h1-2H2,(H2,9,11). The molecule has 0 spiro atoms. The topological polar surface area (TPSA) is 60.2 Å². The van der Waals surface area contributed by atoms with E-state index in [1.165, 1.54) is 0 Å². The fraction of sp³-hybridized carbons (Fsp3) is 0.600. The van der Waals surface area contributed by atoms with Gasteiger partial charge >= 0.3 is 6.18 Å². The molecule has 0 saturated heterocycles. The van der Waals surface area contributed by atoms with Crippen molar-refractivity contribution in [3.8, 4) is 0 Å². The zero-order chi connectivity index (χ0) is 9.07. The number of nitrogens with two attached hydrogens (primary N) is 1. The number of primary amides is 1. The number of Topliss-reactive ketones (excluding diaryl/α,β-unsaturated/α-hetero) is 1. The zero-order valence-corrected chi connectivity index (χ0v) is 5.44. The lowest BCUT2D eigenvalue weighted by atomic mass is 10.2. The van der Waals surface area contributed by atoms with E-state index in [9.17, 15) is 22.8 Å². The summed E-state index contributed by atoms with van der Waals surface area (Å²) in [4.78, 5) is 20.1. The van der Waals surface area contributed by atoms with Crippen molar-refractivity contribution in [3.63, 3.8) is 0 Å². The number of alkyl halides is 3. The van der Waals surface area contributed by atoms with Crippen LogP contribution in [-0.4, -0.2) is 17.9 Å². The highest BCUT2D eigenvalue weighted by molar-refractivity contribution is 6.35. The van der Waals surface area contributed by atoms with Gasteiger partial charge < -0.3 is 5.73 Å². The molecule has 0 aliphatic rings. The molecule has 0 rings (SSSR count). The van der Waals surface area contributed by atoms with Crippen LogP contribution < -0.4 is 5.73 Å². The molecular formula is C5H6F3NO2. The van der Waals surface area contributed by atoms with Crippen molar-refractivity contribution in [1.82, 2.24) is 0 Å². The highest BCUT2D eigenvalue weighted by Crippen LogP contribution is 2.21. The van der Waals surface area contributed by atoms with E-state index in [1.54, 1.807) is 0 Å². The first kappa shape index (κ1) is 9.93. The van der Waals surface area contributed by atoms with Crippen molar-refractivity contribution in [2.75, 3.05) is 0 Å². The van der Waals surface area contributed by atoms with Crippen LogP contribution in [0.3, 0.4) is 0 Å². The van der Waals surface area contributed by atoms with Crippen LogP contribution in [0.15, 0.2) is 0 Å². The molecule has 3 nitrogen and oxygen atoms in total. The fourth-order valence-electron chi connectivity index (χ4n) is 0.378. The SMILES string of the molecule is NC(=O)C(=O)CCC(F)(F)F. The largest absolute Gasteiger partial charge is 0.389 e. The van der Waals surface area contributed by atoms with Crippen molar-refractivity contribution in [1.29, 1.82) is 0 Å². The molecule has 0 aromatic carbocycles. The van der Waals surface area contributed by atoms with Crippen LogP contribution in [0.2, 0.25) is 0 Å². The Labute approximate surface area is 60.4 Å². The number of halogens is 3. The molecule has 11 heavy (non-hydrogen) atoms. The Hall–Kier alpha value is -1.07. The van der Waals surface area contributed by atoms with Crippen molar-refractivity contribution < 1.29 is 22.8 Å². The Morgan fingerprint density at radius 2 is 1.73 bits per heavy atom. The highest BCUT2D eigenvalue weighted by atomic mass is 19.4. The molecule has 0 fully saturated rings. The number of hydrogen-bond donors (Lipinski definition) is 1. The summed E-state index contributed by atoms with van der Waals surface area (Å²) >= 11 is 0. The lowest BCUT2D eigenvalue weighted by molar-refractivity contribution is -0.147. The number of carbonyl (C=O) groups excluding carboxylic acids is 2. The first-order chi connectivity index (χ1) is 4.83. The monoisotopic (exact) mass is 169 g/mol. The van der Waals surface area contributed by atoms with Gasteiger partial charge in [-0.05, 0) is 0 Å². The van der Waals surface area contributed by atoms with E-state index >= 15 is 0 Å². The number of ketones is 1. The molecule has 6 heteroatoms. The van der Waals surface area contributed by atoms with Gasteiger partial charge in [0.15, 0.2) is 0 Å². The fourth-order valence-corrected chi connectivity index (χ4v) is 0.378. The molecule has 0 aromatic rings. The molecule has 1 amide bonds. The Morgan fingerprint density at radius 3 is 2.00 bits per heavy atom. The number of amides is 1. The summed E-state index contributed by atoms with van der Waals surface area (Å²) in [6, 6.07) is 0. The first-order valence-electron chi connectivity index (χ1n) is 2.72. The minimum Gasteiger partial charge on any atom is -0.363 e. The molecule has 0 atom stereocenters. The second kappa shape index (κ2) is 3.36. The summed E-state index contributed by atoms with van der Waals surface area (Å²) in [6.07, 6.45) is -6.57. The number of rotatable bonds is 3. The third kappa shape index (κ3) is 5.38. The predicted octanol–water partition coefficient (Wildman–Crippen LogP) is 0.383. The van der Waals surface area contributed by atoms with Gasteiger partial charge in [0.2, 0.25) is 5.78 Å². The van der Waals surface area contributed by atoms with Gasteiger partial charge in [0.25, 0.3) is 5.91 Å². The maximum absolute atomic E-state index is 11.4. The second-order valence-electron chi connectivity index (χ2n) is 1.90. The number of hydrogen-bond acceptors (Lipinski definition) is 2. The van der Waals surface area contributed by atoms with E-state index < -0.39 is 30.7 Å². The van der Waals surface area contributed by atoms with Gasteiger partial charge in [-0.3, -0.25) is 9.59 Å². The van der Waals surface area contributed by atoms with Crippen LogP contribution in [0.5, 0.6) is 0 Å². The molecular weight excluding hydrogens is 163 g/mol. The normalized spacial score (nSPS) is 11.2. The molecule has 0 unspecified atom stereocenters. The van der Waals surface area contributed by atoms with Gasteiger partial charge in [0.05, 0.1) is 6.42 Å². The van der Waals surface area contributed by atoms with E-state index in [2.05, 4.69) is 5.73 Å². The lowest BCUT2D eigenvalue weighted by Gasteiger charge is -2.02. The molecule has 0 heterocycles. The van der Waals surface area contributed by atoms with Crippen LogP contribution in [0, 0.1) is 0 Å². The number of carbonyl (C=O) groups is 2. The average Bonchev–Trinajstić information content (AvgIpc) is 1.80. The average molecular weight is 169 g/mol. The van der Waals surface area contributed by atoms with E-state index in [0.29, 0.717) is 0 Å². The predicted molar refractivity (Wildman–Crippen MR) is 29.5 cm³/mol. The third-order valence-corrected chi connectivity index (χ3v) is 0.910. The molecule has 0 aliphatic heterocycles. The highest BCUT2D eigenvalue weighted by Gasteiger charge is 2.28. The minimum atomic E-state index is -4.41. The maximum Gasteiger partial charge on any atom is 0.389 e. The second-order valence-corrected chi connectivity index (χ2v) is 1.90. The van der Waals surface area contributed by atoms with Gasteiger partial charge in [-0.15, -0.1) is 0 Å². The van der Waals surface area contributed by atoms with Gasteiger partial charge in [-0.1, -0.05) is 0 Å². The van der Waals surface area contributed by atoms with Crippen molar-refractivity contribution >= 4 is 11.7 Å². The van der Waals surface area contributed by atoms with E-state index in [4.69, 9.17) is 0 Å². The van der Waals surface area contributed by atoms with Crippen molar-refractivity contribution in [2.45, 2.75) is 19.0 Å². The van der Waals surface area contributed by atoms with Gasteiger partial charge in [0, 0.05) is 6.42 Å². The van der Waals surface area contributed by atoms with Gasteiger partial charge in [-0.2, -0.15) is 13.2 Å². The summed E-state index contributed by atoms with van der Waals surface area (Å²) in [5.41, 5.74) is 4.41. The molecule has 0 aliphatic carbocycles. The summed E-state index contributed by atoms with van der Waals surface area (Å²) in [6.45, 7) is 0. The van der Waals surface area contributed by atoms with Crippen LogP contribution in [0.4, 0.5) is 13.2 Å². The Kier molecular flexibility index (Phi) is 3.03. The van der Waals surface area contributed by atoms with E-state index in [1.807, 2.05) is 0 Å². The molecule has 0 aromatic heterocycles. The first-order valence-corrected chi connectivity index (χ1v) is 2.72. The molecule has 0 radical (unpaired) electrons. The van der Waals surface area contributed by atoms with Crippen molar-refractivity contribution in [3.05, 3.63) is 0 Å². The third-order valence-electron chi connectivity index (χ3n) is 0.910. The Balaban J connectivity index is 3.73. The summed E-state index contributed by atoms with van der Waals surface area (Å²) in [5.74, 6) is -2.52. The maximum atomic E-state index is 11.4. The van der Waals surface area contributed by atoms with E-state index in [-0.39, 0.29) is 0 Å². The molecule has 2 N–H and O–H groups in total. The summed E-state index contributed by atoms with van der Waals surface area (Å²) in [5, 5.41) is 0. The van der Waals surface area contributed by atoms with E-state index in [0.717, 1.165) is 0 Å². The Bertz CT molecular complexity index is 175. The lowest BCUT2D eigenvalue weighted by Crippen LogP contribution is -2.24. The van der Waals surface area contributed by atoms with Gasteiger partial charge in [0.1, 0.15) is 0 Å². The van der Waals surface area contributed by atoms with Crippen LogP contribution in [0.25, 0.3) is 0 Å². The Morgan fingerprint density at radius 1 is 1.27 bits per heavy atom.